The van der Waals surface area contributed by atoms with Gasteiger partial charge in [0.05, 0.1) is 17.2 Å². The van der Waals surface area contributed by atoms with Crippen molar-refractivity contribution in [3.63, 3.8) is 0 Å². The van der Waals surface area contributed by atoms with Gasteiger partial charge in [0.1, 0.15) is 6.54 Å². The van der Waals surface area contributed by atoms with Crippen molar-refractivity contribution in [2.24, 2.45) is 11.8 Å². The maximum atomic E-state index is 12.5. The van der Waals surface area contributed by atoms with Gasteiger partial charge >= 0.3 is 0 Å². The molecule has 0 bridgehead atoms. The first-order valence-electron chi connectivity index (χ1n) is 11.0. The number of para-hydroxylation sites is 1. The Hall–Kier alpha value is -2.99. The highest BCUT2D eigenvalue weighted by atomic mass is 16.2. The minimum Gasteiger partial charge on any atom is -0.325 e. The van der Waals surface area contributed by atoms with Crippen LogP contribution in [0.1, 0.15) is 25.3 Å². The molecule has 1 saturated heterocycles. The van der Waals surface area contributed by atoms with E-state index in [9.17, 15) is 9.59 Å². The summed E-state index contributed by atoms with van der Waals surface area (Å²) >= 11 is 0. The Morgan fingerprint density at radius 1 is 1.16 bits per heavy atom. The smallest absolute Gasteiger partial charge is 0.261 e. The molecule has 1 aliphatic heterocycles. The Morgan fingerprint density at radius 2 is 1.94 bits per heavy atom. The molecule has 1 fully saturated rings. The number of anilines is 1. The molecule has 1 N–H and O–H groups in total. The maximum absolute atomic E-state index is 12.5. The molecule has 0 spiro atoms. The SMILES string of the molecule is C[C@@H]1CN(C)CC[C@H]1CCc1ccc(NC(=O)Cn2cnc3ccccc3c2=O)cc1. The predicted molar refractivity (Wildman–Crippen MR) is 124 cm³/mol. The van der Waals surface area contributed by atoms with Crippen LogP contribution < -0.4 is 10.9 Å². The van der Waals surface area contributed by atoms with E-state index in [-0.39, 0.29) is 18.0 Å². The summed E-state index contributed by atoms with van der Waals surface area (Å²) in [6.45, 7) is 4.67. The minimum atomic E-state index is -0.243. The largest absolute Gasteiger partial charge is 0.325 e. The van der Waals surface area contributed by atoms with Gasteiger partial charge in [-0.15, -0.1) is 0 Å². The molecule has 2 atom stereocenters. The van der Waals surface area contributed by atoms with Gasteiger partial charge in [0, 0.05) is 12.2 Å². The van der Waals surface area contributed by atoms with Crippen molar-refractivity contribution in [2.45, 2.75) is 32.7 Å². The lowest BCUT2D eigenvalue weighted by molar-refractivity contribution is -0.116. The zero-order valence-corrected chi connectivity index (χ0v) is 18.3. The Bertz CT molecular complexity index is 1110. The van der Waals surface area contributed by atoms with Gasteiger partial charge in [-0.2, -0.15) is 0 Å². The van der Waals surface area contributed by atoms with Gasteiger partial charge in [0.2, 0.25) is 5.91 Å². The maximum Gasteiger partial charge on any atom is 0.261 e. The van der Waals surface area contributed by atoms with Crippen LogP contribution in [0.4, 0.5) is 5.69 Å². The molecule has 6 nitrogen and oxygen atoms in total. The van der Waals surface area contributed by atoms with Crippen molar-refractivity contribution in [1.82, 2.24) is 14.5 Å². The molecule has 6 heteroatoms. The molecule has 162 valence electrons. The second-order valence-corrected chi connectivity index (χ2v) is 8.77. The van der Waals surface area contributed by atoms with Crippen LogP contribution in [0.25, 0.3) is 10.9 Å². The Labute approximate surface area is 182 Å². The van der Waals surface area contributed by atoms with Gasteiger partial charge in [-0.3, -0.25) is 14.2 Å². The number of aryl methyl sites for hydroxylation is 1. The summed E-state index contributed by atoms with van der Waals surface area (Å²) in [7, 11) is 2.20. The van der Waals surface area contributed by atoms with Crippen LogP contribution in [0, 0.1) is 11.8 Å². The molecular weight excluding hydrogens is 388 g/mol. The summed E-state index contributed by atoms with van der Waals surface area (Å²) in [5.41, 5.74) is 2.45. The number of piperidine rings is 1. The number of likely N-dealkylation sites (tertiary alicyclic amines) is 1. The first-order valence-corrected chi connectivity index (χ1v) is 11.0. The molecule has 0 unspecified atom stereocenters. The number of benzene rings is 2. The zero-order chi connectivity index (χ0) is 21.8. The fourth-order valence-corrected chi connectivity index (χ4v) is 4.51. The molecule has 3 aromatic rings. The lowest BCUT2D eigenvalue weighted by Crippen LogP contribution is -2.36. The molecule has 0 saturated carbocycles. The summed E-state index contributed by atoms with van der Waals surface area (Å²) in [5, 5.41) is 3.39. The second-order valence-electron chi connectivity index (χ2n) is 8.77. The zero-order valence-electron chi connectivity index (χ0n) is 18.3. The average Bonchev–Trinajstić information content (AvgIpc) is 2.76. The summed E-state index contributed by atoms with van der Waals surface area (Å²) in [6.07, 6.45) is 4.97. The molecule has 1 aliphatic rings. The number of rotatable bonds is 6. The van der Waals surface area contributed by atoms with Crippen LogP contribution in [0.2, 0.25) is 0 Å². The fourth-order valence-electron chi connectivity index (χ4n) is 4.51. The molecule has 1 aromatic heterocycles. The Balaban J connectivity index is 1.32. The monoisotopic (exact) mass is 418 g/mol. The summed E-state index contributed by atoms with van der Waals surface area (Å²) < 4.78 is 1.34. The standard InChI is InChI=1S/C25H30N4O2/c1-18-15-28(2)14-13-20(18)10-7-19-8-11-21(12-9-19)27-24(30)16-29-17-26-23-6-4-3-5-22(23)25(29)31/h3-6,8-9,11-12,17-18,20H,7,10,13-16H2,1-2H3,(H,27,30)/t18-,20-/m1/s1. The summed E-state index contributed by atoms with van der Waals surface area (Å²) in [4.78, 5) is 31.7. The highest BCUT2D eigenvalue weighted by Gasteiger charge is 2.23. The van der Waals surface area contributed by atoms with E-state index < -0.39 is 0 Å². The van der Waals surface area contributed by atoms with Gasteiger partial charge in [-0.05, 0) is 74.5 Å². The number of nitrogens with one attached hydrogen (secondary N) is 1. The fraction of sp³-hybridized carbons (Fsp3) is 0.400. The van der Waals surface area contributed by atoms with E-state index in [1.807, 2.05) is 18.2 Å². The van der Waals surface area contributed by atoms with Crippen LogP contribution in [0.5, 0.6) is 0 Å². The quantitative estimate of drug-likeness (QED) is 0.665. The molecule has 2 heterocycles. The van der Waals surface area contributed by atoms with Crippen LogP contribution in [0.3, 0.4) is 0 Å². The van der Waals surface area contributed by atoms with Gasteiger partial charge in [-0.1, -0.05) is 31.2 Å². The Morgan fingerprint density at radius 3 is 2.71 bits per heavy atom. The minimum absolute atomic E-state index is 0.0631. The van der Waals surface area contributed by atoms with E-state index in [1.54, 1.807) is 18.2 Å². The number of fused-ring (bicyclic) bond motifs is 1. The predicted octanol–water partition coefficient (Wildman–Crippen LogP) is 3.56. The first-order chi connectivity index (χ1) is 15.0. The van der Waals surface area contributed by atoms with E-state index >= 15 is 0 Å². The third kappa shape index (κ3) is 5.20. The molecule has 4 rings (SSSR count). The van der Waals surface area contributed by atoms with E-state index in [4.69, 9.17) is 0 Å². The summed E-state index contributed by atoms with van der Waals surface area (Å²) in [6, 6.07) is 15.2. The molecular formula is C25H30N4O2. The number of carbonyl (C=O) groups is 1. The topological polar surface area (TPSA) is 67.2 Å². The number of amides is 1. The lowest BCUT2D eigenvalue weighted by atomic mass is 9.83. The van der Waals surface area contributed by atoms with Crippen molar-refractivity contribution >= 4 is 22.5 Å². The van der Waals surface area contributed by atoms with Crippen molar-refractivity contribution in [3.8, 4) is 0 Å². The van der Waals surface area contributed by atoms with Gasteiger partial charge in [-0.25, -0.2) is 4.98 Å². The molecule has 31 heavy (non-hydrogen) atoms. The van der Waals surface area contributed by atoms with E-state index in [0.717, 1.165) is 23.9 Å². The number of hydrogen-bond acceptors (Lipinski definition) is 4. The average molecular weight is 419 g/mol. The van der Waals surface area contributed by atoms with Crippen LogP contribution in [-0.4, -0.2) is 40.5 Å². The highest BCUT2D eigenvalue weighted by molar-refractivity contribution is 5.90. The third-order valence-corrected chi connectivity index (χ3v) is 6.37. The van der Waals surface area contributed by atoms with Crippen molar-refractivity contribution in [1.29, 1.82) is 0 Å². The molecule has 0 radical (unpaired) electrons. The lowest BCUT2D eigenvalue weighted by Gasteiger charge is -2.34. The molecule has 1 amide bonds. The number of hydrogen-bond donors (Lipinski definition) is 1. The van der Waals surface area contributed by atoms with Crippen LogP contribution in [-0.2, 0) is 17.8 Å². The van der Waals surface area contributed by atoms with Crippen molar-refractivity contribution in [2.75, 3.05) is 25.5 Å². The van der Waals surface area contributed by atoms with E-state index in [1.165, 1.54) is 42.4 Å². The molecule has 0 aliphatic carbocycles. The number of carbonyl (C=O) groups excluding carboxylic acids is 1. The van der Waals surface area contributed by atoms with Gasteiger partial charge in [0.25, 0.3) is 5.56 Å². The summed E-state index contributed by atoms with van der Waals surface area (Å²) in [5.74, 6) is 1.28. The van der Waals surface area contributed by atoms with Crippen LogP contribution >= 0.6 is 0 Å². The van der Waals surface area contributed by atoms with Gasteiger partial charge < -0.3 is 10.2 Å². The third-order valence-electron chi connectivity index (χ3n) is 6.37. The first kappa shape index (κ1) is 21.2. The second kappa shape index (κ2) is 9.43. The van der Waals surface area contributed by atoms with E-state index in [0.29, 0.717) is 10.9 Å². The number of nitrogens with zero attached hydrogens (tertiary/aromatic N) is 3. The molecule has 2 aromatic carbocycles. The van der Waals surface area contributed by atoms with Crippen LogP contribution in [0.15, 0.2) is 59.7 Å². The van der Waals surface area contributed by atoms with Crippen molar-refractivity contribution < 1.29 is 4.79 Å². The Kier molecular flexibility index (Phi) is 6.47. The highest BCUT2D eigenvalue weighted by Crippen LogP contribution is 2.27. The van der Waals surface area contributed by atoms with E-state index in [2.05, 4.69) is 41.3 Å². The number of aromatic nitrogens is 2. The van der Waals surface area contributed by atoms with Gasteiger partial charge in [0.15, 0.2) is 0 Å². The normalized spacial score (nSPS) is 19.4. The van der Waals surface area contributed by atoms with Crippen molar-refractivity contribution in [3.05, 3.63) is 70.8 Å².